The summed E-state index contributed by atoms with van der Waals surface area (Å²) in [6.45, 7) is 2.91. The number of ether oxygens (including phenoxy) is 1. The maximum Gasteiger partial charge on any atom is 0.138 e. The molecule has 3 aromatic rings. The maximum absolute atomic E-state index is 5.65. The minimum atomic E-state index is 0.762. The van der Waals surface area contributed by atoms with Crippen LogP contribution in [0.15, 0.2) is 36.7 Å². The van der Waals surface area contributed by atoms with E-state index in [2.05, 4.69) is 27.1 Å². The number of aromatic amines is 1. The van der Waals surface area contributed by atoms with E-state index >= 15 is 0 Å². The van der Waals surface area contributed by atoms with Gasteiger partial charge in [0.15, 0.2) is 0 Å². The van der Waals surface area contributed by atoms with Gasteiger partial charge in [0.1, 0.15) is 17.1 Å². The van der Waals surface area contributed by atoms with Crippen molar-refractivity contribution in [3.05, 3.63) is 36.7 Å². The van der Waals surface area contributed by atoms with Crippen molar-refractivity contribution in [2.45, 2.75) is 19.8 Å². The highest BCUT2D eigenvalue weighted by molar-refractivity contribution is 5.77. The van der Waals surface area contributed by atoms with Crippen LogP contribution in [0.5, 0.6) is 5.75 Å². The topological polar surface area (TPSA) is 63.7 Å². The van der Waals surface area contributed by atoms with E-state index in [0.29, 0.717) is 0 Å². The molecule has 2 aromatic heterocycles. The first-order valence-corrected chi connectivity index (χ1v) is 6.76. The number of hydrogen-bond acceptors (Lipinski definition) is 4. The Morgan fingerprint density at radius 2 is 1.90 bits per heavy atom. The average molecular weight is 268 g/mol. The minimum Gasteiger partial charge on any atom is -0.494 e. The number of hydrogen-bond donors (Lipinski definition) is 1. The van der Waals surface area contributed by atoms with Gasteiger partial charge in [0.05, 0.1) is 24.5 Å². The minimum absolute atomic E-state index is 0.762. The fourth-order valence-corrected chi connectivity index (χ4v) is 1.96. The molecule has 0 aliphatic carbocycles. The molecule has 20 heavy (non-hydrogen) atoms. The van der Waals surface area contributed by atoms with Gasteiger partial charge in [0, 0.05) is 5.56 Å². The van der Waals surface area contributed by atoms with E-state index in [-0.39, 0.29) is 0 Å². The van der Waals surface area contributed by atoms with Gasteiger partial charge in [-0.2, -0.15) is 10.2 Å². The monoisotopic (exact) mass is 268 g/mol. The third kappa shape index (κ3) is 2.61. The van der Waals surface area contributed by atoms with Gasteiger partial charge < -0.3 is 9.72 Å². The Morgan fingerprint density at radius 1 is 1.10 bits per heavy atom. The third-order valence-corrected chi connectivity index (χ3v) is 3.09. The number of fused-ring (bicyclic) bond motifs is 1. The molecular formula is C15H16N4O. The summed E-state index contributed by atoms with van der Waals surface area (Å²) in [7, 11) is 0. The summed E-state index contributed by atoms with van der Waals surface area (Å²) in [4.78, 5) is 7.72. The van der Waals surface area contributed by atoms with Gasteiger partial charge in [0.2, 0.25) is 0 Å². The SMILES string of the molecule is CCCCOc1ccc(-c2nc3cnncc3[nH]2)cc1. The predicted molar refractivity (Wildman–Crippen MR) is 77.5 cm³/mol. The molecule has 1 N–H and O–H groups in total. The number of benzene rings is 1. The van der Waals surface area contributed by atoms with Crippen LogP contribution in [0.3, 0.4) is 0 Å². The van der Waals surface area contributed by atoms with Gasteiger partial charge in [-0.05, 0) is 30.7 Å². The third-order valence-electron chi connectivity index (χ3n) is 3.09. The highest BCUT2D eigenvalue weighted by Crippen LogP contribution is 2.22. The average Bonchev–Trinajstić information content (AvgIpc) is 2.92. The Hall–Kier alpha value is -2.43. The lowest BCUT2D eigenvalue weighted by molar-refractivity contribution is 0.309. The summed E-state index contributed by atoms with van der Waals surface area (Å²) < 4.78 is 5.65. The second kappa shape index (κ2) is 5.69. The molecule has 1 aromatic carbocycles. The molecule has 0 unspecified atom stereocenters. The summed E-state index contributed by atoms with van der Waals surface area (Å²) >= 11 is 0. The van der Waals surface area contributed by atoms with E-state index in [9.17, 15) is 0 Å². The molecular weight excluding hydrogens is 252 g/mol. The first-order chi connectivity index (χ1) is 9.86. The van der Waals surface area contributed by atoms with Crippen LogP contribution in [0.1, 0.15) is 19.8 Å². The molecule has 5 heteroatoms. The number of rotatable bonds is 5. The van der Waals surface area contributed by atoms with Crippen LogP contribution in [0.4, 0.5) is 0 Å². The van der Waals surface area contributed by atoms with E-state index in [4.69, 9.17) is 4.74 Å². The number of imidazole rings is 1. The van der Waals surface area contributed by atoms with Crippen LogP contribution in [0.2, 0.25) is 0 Å². The molecule has 0 aliphatic heterocycles. The van der Waals surface area contributed by atoms with Crippen LogP contribution in [0.25, 0.3) is 22.4 Å². The van der Waals surface area contributed by atoms with Crippen molar-refractivity contribution in [2.24, 2.45) is 0 Å². The summed E-state index contributed by atoms with van der Waals surface area (Å²) in [5, 5.41) is 7.66. The lowest BCUT2D eigenvalue weighted by atomic mass is 10.2. The van der Waals surface area contributed by atoms with Crippen LogP contribution in [0, 0.1) is 0 Å². The molecule has 102 valence electrons. The van der Waals surface area contributed by atoms with Gasteiger partial charge >= 0.3 is 0 Å². The van der Waals surface area contributed by atoms with Crippen molar-refractivity contribution in [3.63, 3.8) is 0 Å². The molecule has 0 saturated heterocycles. The Balaban J connectivity index is 1.79. The summed E-state index contributed by atoms with van der Waals surface area (Å²) in [6, 6.07) is 7.93. The summed E-state index contributed by atoms with van der Waals surface area (Å²) in [5.41, 5.74) is 2.72. The molecule has 0 amide bonds. The highest BCUT2D eigenvalue weighted by atomic mass is 16.5. The number of nitrogens with zero attached hydrogens (tertiary/aromatic N) is 3. The molecule has 5 nitrogen and oxygen atoms in total. The zero-order valence-corrected chi connectivity index (χ0v) is 11.3. The Morgan fingerprint density at radius 3 is 2.65 bits per heavy atom. The highest BCUT2D eigenvalue weighted by Gasteiger charge is 2.05. The summed E-state index contributed by atoms with van der Waals surface area (Å²) in [5.74, 6) is 1.71. The smallest absolute Gasteiger partial charge is 0.138 e. The van der Waals surface area contributed by atoms with Crippen molar-refractivity contribution in [2.75, 3.05) is 6.61 Å². The fourth-order valence-electron chi connectivity index (χ4n) is 1.96. The molecule has 0 saturated carbocycles. The standard InChI is InChI=1S/C15H16N4O/c1-2-3-8-20-12-6-4-11(5-7-12)15-18-13-9-16-17-10-14(13)19-15/h4-7,9-10H,2-3,8H2,1H3,(H,18,19). The molecule has 0 spiro atoms. The number of aromatic nitrogens is 4. The molecule has 0 radical (unpaired) electrons. The lowest BCUT2D eigenvalue weighted by Gasteiger charge is -2.05. The van der Waals surface area contributed by atoms with E-state index in [1.807, 2.05) is 24.3 Å². The first kappa shape index (κ1) is 12.6. The van der Waals surface area contributed by atoms with Crippen LogP contribution >= 0.6 is 0 Å². The number of nitrogens with one attached hydrogen (secondary N) is 1. The van der Waals surface area contributed by atoms with Crippen molar-refractivity contribution in [3.8, 4) is 17.1 Å². The maximum atomic E-state index is 5.65. The van der Waals surface area contributed by atoms with Crippen molar-refractivity contribution < 1.29 is 4.74 Å². The number of H-pyrrole nitrogens is 1. The second-order valence-electron chi connectivity index (χ2n) is 4.60. The zero-order valence-electron chi connectivity index (χ0n) is 11.3. The fraction of sp³-hybridized carbons (Fsp3) is 0.267. The van der Waals surface area contributed by atoms with Crippen molar-refractivity contribution >= 4 is 11.0 Å². The van der Waals surface area contributed by atoms with Crippen LogP contribution < -0.4 is 4.74 Å². The lowest BCUT2D eigenvalue weighted by Crippen LogP contribution is -1.96. The number of unbranched alkanes of at least 4 members (excludes halogenated alkanes) is 1. The van der Waals surface area contributed by atoms with Gasteiger partial charge in [-0.1, -0.05) is 13.3 Å². The van der Waals surface area contributed by atoms with Crippen molar-refractivity contribution in [1.29, 1.82) is 0 Å². The molecule has 0 bridgehead atoms. The van der Waals surface area contributed by atoms with E-state index in [1.54, 1.807) is 12.4 Å². The van der Waals surface area contributed by atoms with Gasteiger partial charge in [-0.25, -0.2) is 4.98 Å². The molecule has 3 rings (SSSR count). The molecule has 0 fully saturated rings. The van der Waals surface area contributed by atoms with Gasteiger partial charge in [0.25, 0.3) is 0 Å². The quantitative estimate of drug-likeness (QED) is 0.722. The van der Waals surface area contributed by atoms with E-state index in [1.165, 1.54) is 0 Å². The van der Waals surface area contributed by atoms with E-state index in [0.717, 1.165) is 47.6 Å². The Kier molecular flexibility index (Phi) is 3.58. The Bertz CT molecular complexity index is 657. The van der Waals surface area contributed by atoms with E-state index < -0.39 is 0 Å². The van der Waals surface area contributed by atoms with Gasteiger partial charge in [-0.15, -0.1) is 0 Å². The Labute approximate surface area is 117 Å². The zero-order chi connectivity index (χ0) is 13.8. The molecule has 2 heterocycles. The van der Waals surface area contributed by atoms with Crippen LogP contribution in [-0.2, 0) is 0 Å². The first-order valence-electron chi connectivity index (χ1n) is 6.76. The summed E-state index contributed by atoms with van der Waals surface area (Å²) in [6.07, 6.45) is 5.54. The molecule has 0 atom stereocenters. The van der Waals surface area contributed by atoms with Crippen molar-refractivity contribution in [1.82, 2.24) is 20.2 Å². The van der Waals surface area contributed by atoms with Gasteiger partial charge in [-0.3, -0.25) is 0 Å². The normalized spacial score (nSPS) is 10.8. The van der Waals surface area contributed by atoms with Crippen LogP contribution in [-0.4, -0.2) is 26.8 Å². The molecule has 0 aliphatic rings. The largest absolute Gasteiger partial charge is 0.494 e. The predicted octanol–water partition coefficient (Wildman–Crippen LogP) is 3.20. The second-order valence-corrected chi connectivity index (χ2v) is 4.60.